The van der Waals surface area contributed by atoms with Crippen LogP contribution in [0, 0.1) is 17.0 Å². The summed E-state index contributed by atoms with van der Waals surface area (Å²) in [5.74, 6) is -0.209. The normalized spacial score (nSPS) is 11.0. The Morgan fingerprint density at radius 3 is 2.39 bits per heavy atom. The number of nitro benzene ring substituents is 1. The first-order valence-electron chi connectivity index (χ1n) is 13.3. The maximum absolute atomic E-state index is 13.9. The van der Waals surface area contributed by atoms with E-state index in [0.717, 1.165) is 27.0 Å². The fraction of sp³-hybridized carbons (Fsp3) is 0.0938. The molecule has 6 rings (SSSR count). The number of carbonyl (C=O) groups is 3. The summed E-state index contributed by atoms with van der Waals surface area (Å²) in [6, 6.07) is 18.6. The van der Waals surface area contributed by atoms with Crippen LogP contribution >= 0.6 is 0 Å². The number of benzene rings is 3. The number of hydrogen-bond donors (Lipinski definition) is 0. The number of non-ortho nitro benzene ring substituents is 1. The monoisotopic (exact) mass is 589 g/mol. The Bertz CT molecular complexity index is 2090. The lowest BCUT2D eigenvalue weighted by atomic mass is 9.98. The van der Waals surface area contributed by atoms with Crippen LogP contribution in [-0.4, -0.2) is 49.0 Å². The summed E-state index contributed by atoms with van der Waals surface area (Å²) < 4.78 is 13.6. The number of carbonyl (C=O) groups excluding carboxylic acids is 3. The molecule has 0 aliphatic heterocycles. The highest BCUT2D eigenvalue weighted by Crippen LogP contribution is 2.29. The molecule has 12 heteroatoms. The molecule has 44 heavy (non-hydrogen) atoms. The van der Waals surface area contributed by atoms with E-state index in [1.54, 1.807) is 36.7 Å². The second kappa shape index (κ2) is 11.2. The zero-order valence-corrected chi connectivity index (χ0v) is 23.5. The molecule has 0 saturated heterocycles. The van der Waals surface area contributed by atoms with Crippen LogP contribution in [-0.2, 0) is 11.3 Å². The number of fused-ring (bicyclic) bond motifs is 2. The van der Waals surface area contributed by atoms with Crippen LogP contribution < -0.4 is 4.74 Å². The van der Waals surface area contributed by atoms with Crippen LogP contribution in [0.3, 0.4) is 0 Å². The Kier molecular flexibility index (Phi) is 7.15. The van der Waals surface area contributed by atoms with Crippen LogP contribution in [0.4, 0.5) is 10.5 Å². The van der Waals surface area contributed by atoms with E-state index in [2.05, 4.69) is 14.5 Å². The standard InChI is InChI=1S/C32H23N5O7/c1-19-34-26-16-33-15-14-27(26)35(19)17-20-6-8-21(9-7-20)30(38)25-18-36(28-5-3-4-24(29(25)28)31(39)43-2)32(40)44-23-12-10-22(11-13-23)37(41)42/h3-16,18H,17H2,1-2H3. The van der Waals surface area contributed by atoms with Gasteiger partial charge in [0, 0.05) is 47.6 Å². The van der Waals surface area contributed by atoms with Crippen molar-refractivity contribution in [2.24, 2.45) is 0 Å². The molecule has 3 aromatic heterocycles. The number of pyridine rings is 1. The van der Waals surface area contributed by atoms with Gasteiger partial charge in [-0.25, -0.2) is 14.6 Å². The number of esters is 1. The maximum Gasteiger partial charge on any atom is 0.423 e. The van der Waals surface area contributed by atoms with E-state index < -0.39 is 22.8 Å². The fourth-order valence-corrected chi connectivity index (χ4v) is 5.08. The molecule has 12 nitrogen and oxygen atoms in total. The molecular formula is C32H23N5O7. The molecule has 3 heterocycles. The first kappa shape index (κ1) is 28.0. The number of nitrogens with zero attached hydrogens (tertiary/aromatic N) is 5. The van der Waals surface area contributed by atoms with Gasteiger partial charge in [-0.15, -0.1) is 0 Å². The number of ether oxygens (including phenoxy) is 2. The third-order valence-electron chi connectivity index (χ3n) is 7.23. The predicted molar refractivity (Wildman–Crippen MR) is 159 cm³/mol. The molecule has 6 aromatic rings. The van der Waals surface area contributed by atoms with Gasteiger partial charge < -0.3 is 14.0 Å². The average molecular weight is 590 g/mol. The van der Waals surface area contributed by atoms with Gasteiger partial charge in [-0.05, 0) is 42.8 Å². The Labute approximate surface area is 249 Å². The summed E-state index contributed by atoms with van der Waals surface area (Å²) >= 11 is 0. The number of imidazole rings is 1. The van der Waals surface area contributed by atoms with Crippen molar-refractivity contribution in [1.82, 2.24) is 19.1 Å². The van der Waals surface area contributed by atoms with Crippen molar-refractivity contribution >= 4 is 45.5 Å². The molecule has 0 N–H and O–H groups in total. The minimum absolute atomic E-state index is 0.0622. The molecule has 0 saturated carbocycles. The minimum Gasteiger partial charge on any atom is -0.465 e. The van der Waals surface area contributed by atoms with E-state index in [1.165, 1.54) is 43.6 Å². The number of hydrogen-bond acceptors (Lipinski definition) is 9. The number of nitro groups is 1. The highest BCUT2D eigenvalue weighted by molar-refractivity contribution is 6.21. The zero-order valence-electron chi connectivity index (χ0n) is 23.5. The fourth-order valence-electron chi connectivity index (χ4n) is 5.08. The van der Waals surface area contributed by atoms with E-state index >= 15 is 0 Å². The van der Waals surface area contributed by atoms with Crippen molar-refractivity contribution in [1.29, 1.82) is 0 Å². The van der Waals surface area contributed by atoms with Crippen molar-refractivity contribution in [3.63, 3.8) is 0 Å². The summed E-state index contributed by atoms with van der Waals surface area (Å²) in [5.41, 5.74) is 3.29. The largest absolute Gasteiger partial charge is 0.465 e. The van der Waals surface area contributed by atoms with Crippen molar-refractivity contribution in [2.45, 2.75) is 13.5 Å². The summed E-state index contributed by atoms with van der Waals surface area (Å²) in [4.78, 5) is 58.9. The number of rotatable bonds is 7. The Hall–Kier alpha value is -6.17. The van der Waals surface area contributed by atoms with Crippen molar-refractivity contribution in [2.75, 3.05) is 7.11 Å². The summed E-state index contributed by atoms with van der Waals surface area (Å²) in [5, 5.41) is 11.2. The van der Waals surface area contributed by atoms with Crippen LogP contribution in [0.15, 0.2) is 91.4 Å². The van der Waals surface area contributed by atoms with Gasteiger partial charge in [0.2, 0.25) is 0 Å². The summed E-state index contributed by atoms with van der Waals surface area (Å²) in [6.45, 7) is 2.44. The van der Waals surface area contributed by atoms with E-state index in [1.807, 2.05) is 25.1 Å². The lowest BCUT2D eigenvalue weighted by Crippen LogP contribution is -2.16. The van der Waals surface area contributed by atoms with E-state index in [0.29, 0.717) is 12.1 Å². The van der Waals surface area contributed by atoms with Crippen LogP contribution in [0.2, 0.25) is 0 Å². The Morgan fingerprint density at radius 1 is 0.932 bits per heavy atom. The van der Waals surface area contributed by atoms with Crippen molar-refractivity contribution in [3.8, 4) is 5.75 Å². The van der Waals surface area contributed by atoms with Gasteiger partial charge in [0.1, 0.15) is 17.1 Å². The average Bonchev–Trinajstić information content (AvgIpc) is 3.58. The van der Waals surface area contributed by atoms with E-state index in [-0.39, 0.29) is 33.5 Å². The minimum atomic E-state index is -0.876. The van der Waals surface area contributed by atoms with E-state index in [9.17, 15) is 24.5 Å². The van der Waals surface area contributed by atoms with Gasteiger partial charge in [-0.1, -0.05) is 30.3 Å². The SMILES string of the molecule is COC(=O)c1cccc2c1c(C(=O)c1ccc(Cn3c(C)nc4cnccc43)cc1)cn2C(=O)Oc1ccc([N+](=O)[O-])cc1. The zero-order chi connectivity index (χ0) is 31.0. The molecule has 218 valence electrons. The summed E-state index contributed by atoms with van der Waals surface area (Å²) in [6.07, 6.45) is 3.86. The van der Waals surface area contributed by atoms with Gasteiger partial charge in [-0.3, -0.25) is 24.5 Å². The predicted octanol–water partition coefficient (Wildman–Crippen LogP) is 5.72. The molecular weight excluding hydrogens is 566 g/mol. The second-order valence-corrected chi connectivity index (χ2v) is 9.86. The Balaban J connectivity index is 1.34. The molecule has 0 spiro atoms. The van der Waals surface area contributed by atoms with Crippen LogP contribution in [0.5, 0.6) is 5.75 Å². The molecule has 0 amide bonds. The molecule has 0 atom stereocenters. The molecule has 3 aromatic carbocycles. The van der Waals surface area contributed by atoms with Crippen molar-refractivity contribution in [3.05, 3.63) is 130 Å². The smallest absolute Gasteiger partial charge is 0.423 e. The first-order valence-corrected chi connectivity index (χ1v) is 13.3. The summed E-state index contributed by atoms with van der Waals surface area (Å²) in [7, 11) is 1.23. The highest BCUT2D eigenvalue weighted by atomic mass is 16.6. The second-order valence-electron chi connectivity index (χ2n) is 9.86. The van der Waals surface area contributed by atoms with Gasteiger partial charge >= 0.3 is 12.1 Å². The van der Waals surface area contributed by atoms with Gasteiger partial charge in [0.15, 0.2) is 5.78 Å². The van der Waals surface area contributed by atoms with Crippen molar-refractivity contribution < 1.29 is 28.8 Å². The third kappa shape index (κ3) is 5.04. The number of methoxy groups -OCH3 is 1. The molecule has 0 unspecified atom stereocenters. The molecule has 0 fully saturated rings. The molecule has 0 aliphatic rings. The molecule has 0 aliphatic carbocycles. The van der Waals surface area contributed by atoms with Crippen LogP contribution in [0.25, 0.3) is 21.9 Å². The lowest BCUT2D eigenvalue weighted by molar-refractivity contribution is -0.384. The quantitative estimate of drug-likeness (QED) is 0.0987. The molecule has 0 radical (unpaired) electrons. The van der Waals surface area contributed by atoms with Crippen LogP contribution in [0.1, 0.15) is 37.7 Å². The van der Waals surface area contributed by atoms with Gasteiger partial charge in [0.25, 0.3) is 5.69 Å². The van der Waals surface area contributed by atoms with Gasteiger partial charge in [-0.2, -0.15) is 0 Å². The lowest BCUT2D eigenvalue weighted by Gasteiger charge is -2.08. The maximum atomic E-state index is 13.9. The topological polar surface area (TPSA) is 148 Å². The third-order valence-corrected chi connectivity index (χ3v) is 7.23. The number of ketones is 1. The molecule has 0 bridgehead atoms. The van der Waals surface area contributed by atoms with Gasteiger partial charge in [0.05, 0.1) is 34.8 Å². The first-order chi connectivity index (χ1) is 21.2. The highest BCUT2D eigenvalue weighted by Gasteiger charge is 2.25. The number of aromatic nitrogens is 4. The number of aryl methyl sites for hydroxylation is 1. The van der Waals surface area contributed by atoms with E-state index in [4.69, 9.17) is 9.47 Å². The Morgan fingerprint density at radius 2 is 1.68 bits per heavy atom.